The van der Waals surface area contributed by atoms with Gasteiger partial charge >= 0.3 is 0 Å². The van der Waals surface area contributed by atoms with E-state index >= 15 is 0 Å². The third-order valence-corrected chi connectivity index (χ3v) is 7.35. The Kier molecular flexibility index (Phi) is 3.54. The van der Waals surface area contributed by atoms with Crippen molar-refractivity contribution in [3.8, 4) is 0 Å². The average Bonchev–Trinajstić information content (AvgIpc) is 3.42. The summed E-state index contributed by atoms with van der Waals surface area (Å²) in [6.07, 6.45) is 1.60. The van der Waals surface area contributed by atoms with Crippen LogP contribution in [-0.2, 0) is 19.9 Å². The number of hydrogen-bond acceptors (Lipinski definition) is 4. The molecule has 4 heterocycles. The lowest BCUT2D eigenvalue weighted by atomic mass is 9.75. The predicted octanol–water partition coefficient (Wildman–Crippen LogP) is 2.91. The van der Waals surface area contributed by atoms with Crippen LogP contribution in [0.1, 0.15) is 18.4 Å². The maximum atomic E-state index is 13.7. The standard InChI is InChI=1S/C22H17ClFN3O3/c23-13-10-11(7-8-14(13)24)27-19(28)17-16-6-3-9-26(16)22(18(17)20(27)29)12-4-1-2-5-15(12)25-21(22)30/h1-2,4-5,7-8,10,16-18H,3,6,9H2,(H,25,30). The topological polar surface area (TPSA) is 69.7 Å². The number of anilines is 2. The SMILES string of the molecule is O=C1C2C3CCCN3C3(C(=O)Nc4ccccc43)C2C(=O)N1c1ccc(F)c(Cl)c1. The molecular formula is C22H17ClFN3O3. The van der Waals surface area contributed by atoms with Gasteiger partial charge in [-0.05, 0) is 43.7 Å². The highest BCUT2D eigenvalue weighted by atomic mass is 35.5. The van der Waals surface area contributed by atoms with Gasteiger partial charge in [0.15, 0.2) is 0 Å². The van der Waals surface area contributed by atoms with Gasteiger partial charge < -0.3 is 5.32 Å². The predicted molar refractivity (Wildman–Crippen MR) is 107 cm³/mol. The Labute approximate surface area is 176 Å². The Bertz CT molecular complexity index is 1150. The summed E-state index contributed by atoms with van der Waals surface area (Å²) in [5, 5.41) is 2.77. The Morgan fingerprint density at radius 2 is 1.90 bits per heavy atom. The smallest absolute Gasteiger partial charge is 0.250 e. The highest BCUT2D eigenvalue weighted by Crippen LogP contribution is 2.60. The molecule has 3 amide bonds. The van der Waals surface area contributed by atoms with Crippen LogP contribution in [0, 0.1) is 17.7 Å². The molecule has 0 saturated carbocycles. The fraction of sp³-hybridized carbons (Fsp3) is 0.318. The molecule has 0 aromatic heterocycles. The number of hydrogen-bond donors (Lipinski definition) is 1. The average molecular weight is 426 g/mol. The van der Waals surface area contributed by atoms with Gasteiger partial charge in [-0.3, -0.25) is 19.3 Å². The summed E-state index contributed by atoms with van der Waals surface area (Å²) in [6.45, 7) is 0.655. The Morgan fingerprint density at radius 1 is 1.10 bits per heavy atom. The molecule has 1 N–H and O–H groups in total. The van der Waals surface area contributed by atoms with Gasteiger partial charge in [-0.2, -0.15) is 0 Å². The van der Waals surface area contributed by atoms with Crippen molar-refractivity contribution in [3.63, 3.8) is 0 Å². The molecule has 4 aliphatic heterocycles. The van der Waals surface area contributed by atoms with Crippen LogP contribution in [0.3, 0.4) is 0 Å². The van der Waals surface area contributed by atoms with Gasteiger partial charge in [-0.15, -0.1) is 0 Å². The van der Waals surface area contributed by atoms with E-state index in [2.05, 4.69) is 10.2 Å². The molecule has 8 heteroatoms. The molecule has 3 saturated heterocycles. The number of benzene rings is 2. The van der Waals surface area contributed by atoms with Gasteiger partial charge in [0.05, 0.1) is 22.5 Å². The molecule has 4 unspecified atom stereocenters. The number of fused-ring (bicyclic) bond motifs is 7. The molecule has 30 heavy (non-hydrogen) atoms. The van der Waals surface area contributed by atoms with Crippen LogP contribution in [0.15, 0.2) is 42.5 Å². The monoisotopic (exact) mass is 425 g/mol. The number of para-hydroxylation sites is 1. The zero-order valence-electron chi connectivity index (χ0n) is 15.8. The highest BCUT2D eigenvalue weighted by molar-refractivity contribution is 6.32. The van der Waals surface area contributed by atoms with E-state index in [9.17, 15) is 18.8 Å². The second kappa shape index (κ2) is 5.89. The lowest BCUT2D eigenvalue weighted by Gasteiger charge is -2.36. The molecule has 152 valence electrons. The molecule has 6 nitrogen and oxygen atoms in total. The normalized spacial score (nSPS) is 32.0. The van der Waals surface area contributed by atoms with Crippen molar-refractivity contribution in [1.82, 2.24) is 4.90 Å². The summed E-state index contributed by atoms with van der Waals surface area (Å²) in [5.74, 6) is -3.12. The van der Waals surface area contributed by atoms with E-state index in [0.29, 0.717) is 12.2 Å². The molecule has 4 atom stereocenters. The number of carbonyl (C=O) groups is 3. The van der Waals surface area contributed by atoms with E-state index in [1.165, 1.54) is 12.1 Å². The van der Waals surface area contributed by atoms with Crippen molar-refractivity contribution in [2.45, 2.75) is 24.4 Å². The van der Waals surface area contributed by atoms with Gasteiger partial charge in [0.1, 0.15) is 11.4 Å². The van der Waals surface area contributed by atoms with Gasteiger partial charge in [0, 0.05) is 17.3 Å². The van der Waals surface area contributed by atoms with Crippen molar-refractivity contribution in [3.05, 3.63) is 58.9 Å². The van der Waals surface area contributed by atoms with E-state index in [1.807, 2.05) is 24.3 Å². The van der Waals surface area contributed by atoms with Crippen molar-refractivity contribution >= 4 is 40.7 Å². The molecule has 4 aliphatic rings. The number of amides is 3. The molecular weight excluding hydrogens is 409 g/mol. The van der Waals surface area contributed by atoms with Crippen LogP contribution < -0.4 is 10.2 Å². The molecule has 1 spiro atoms. The maximum Gasteiger partial charge on any atom is 0.250 e. The van der Waals surface area contributed by atoms with Crippen LogP contribution in [0.5, 0.6) is 0 Å². The Balaban J connectivity index is 1.55. The van der Waals surface area contributed by atoms with E-state index in [-0.39, 0.29) is 28.6 Å². The van der Waals surface area contributed by atoms with E-state index < -0.39 is 29.1 Å². The minimum Gasteiger partial charge on any atom is -0.324 e. The first-order valence-corrected chi connectivity index (χ1v) is 10.3. The lowest BCUT2D eigenvalue weighted by molar-refractivity contribution is -0.135. The molecule has 3 fully saturated rings. The summed E-state index contributed by atoms with van der Waals surface area (Å²) in [4.78, 5) is 43.8. The number of nitrogens with zero attached hydrogens (tertiary/aromatic N) is 2. The Morgan fingerprint density at radius 3 is 2.70 bits per heavy atom. The van der Waals surface area contributed by atoms with Gasteiger partial charge in [0.2, 0.25) is 17.7 Å². The third kappa shape index (κ3) is 1.95. The van der Waals surface area contributed by atoms with E-state index in [0.717, 1.165) is 29.4 Å². The van der Waals surface area contributed by atoms with Gasteiger partial charge in [-0.1, -0.05) is 29.8 Å². The van der Waals surface area contributed by atoms with Crippen LogP contribution in [0.25, 0.3) is 0 Å². The van der Waals surface area contributed by atoms with Crippen molar-refractivity contribution in [2.75, 3.05) is 16.8 Å². The number of halogens is 2. The maximum absolute atomic E-state index is 13.7. The first-order chi connectivity index (χ1) is 14.5. The second-order valence-electron chi connectivity index (χ2n) is 8.28. The minimum absolute atomic E-state index is 0.161. The zero-order valence-corrected chi connectivity index (χ0v) is 16.5. The van der Waals surface area contributed by atoms with Crippen molar-refractivity contribution in [2.24, 2.45) is 11.8 Å². The number of rotatable bonds is 1. The lowest BCUT2D eigenvalue weighted by Crippen LogP contribution is -2.54. The summed E-state index contributed by atoms with van der Waals surface area (Å²) in [7, 11) is 0. The Hall–Kier alpha value is -2.77. The van der Waals surface area contributed by atoms with Gasteiger partial charge in [-0.25, -0.2) is 9.29 Å². The van der Waals surface area contributed by atoms with Crippen molar-refractivity contribution in [1.29, 1.82) is 0 Å². The fourth-order valence-corrected chi connectivity index (χ4v) is 6.21. The molecule has 0 bridgehead atoms. The largest absolute Gasteiger partial charge is 0.324 e. The summed E-state index contributed by atoms with van der Waals surface area (Å²) in [5.41, 5.74) is 0.456. The quantitative estimate of drug-likeness (QED) is 0.713. The van der Waals surface area contributed by atoms with Crippen LogP contribution in [0.2, 0.25) is 5.02 Å². The number of carbonyl (C=O) groups excluding carboxylic acids is 3. The van der Waals surface area contributed by atoms with Crippen molar-refractivity contribution < 1.29 is 18.8 Å². The molecule has 0 radical (unpaired) electrons. The summed E-state index contributed by atoms with van der Waals surface area (Å²) in [6, 6.07) is 11.0. The first kappa shape index (κ1) is 18.0. The molecule has 2 aromatic rings. The van der Waals surface area contributed by atoms with Crippen LogP contribution >= 0.6 is 11.6 Å². The summed E-state index contributed by atoms with van der Waals surface area (Å²) >= 11 is 5.91. The second-order valence-corrected chi connectivity index (χ2v) is 8.69. The number of nitrogens with one attached hydrogen (secondary N) is 1. The number of imide groups is 1. The minimum atomic E-state index is -1.20. The molecule has 0 aliphatic carbocycles. The van der Waals surface area contributed by atoms with E-state index in [4.69, 9.17) is 11.6 Å². The fourth-order valence-electron chi connectivity index (χ4n) is 6.04. The first-order valence-electron chi connectivity index (χ1n) is 9.97. The summed E-state index contributed by atoms with van der Waals surface area (Å²) < 4.78 is 13.7. The van der Waals surface area contributed by atoms with Crippen LogP contribution in [-0.4, -0.2) is 35.2 Å². The highest BCUT2D eigenvalue weighted by Gasteiger charge is 2.74. The van der Waals surface area contributed by atoms with Crippen LogP contribution in [0.4, 0.5) is 15.8 Å². The molecule has 2 aromatic carbocycles. The van der Waals surface area contributed by atoms with E-state index in [1.54, 1.807) is 0 Å². The third-order valence-electron chi connectivity index (χ3n) is 7.06. The zero-order chi connectivity index (χ0) is 20.8. The van der Waals surface area contributed by atoms with Gasteiger partial charge in [0.25, 0.3) is 0 Å². The molecule has 6 rings (SSSR count).